The molecule has 0 saturated heterocycles. The van der Waals surface area contributed by atoms with Crippen LogP contribution in [-0.4, -0.2) is 18.7 Å². The van der Waals surface area contributed by atoms with Crippen molar-refractivity contribution in [2.45, 2.75) is 58.7 Å². The Bertz CT molecular complexity index is 246. The van der Waals surface area contributed by atoms with Gasteiger partial charge in [-0.2, -0.15) is 0 Å². The summed E-state index contributed by atoms with van der Waals surface area (Å²) in [5.41, 5.74) is 0. The van der Waals surface area contributed by atoms with Crippen LogP contribution in [0.15, 0.2) is 11.8 Å². The molecule has 0 bridgehead atoms. The van der Waals surface area contributed by atoms with Crippen molar-refractivity contribution >= 4 is 5.78 Å². The van der Waals surface area contributed by atoms with E-state index < -0.39 is 0 Å². The van der Waals surface area contributed by atoms with Crippen LogP contribution in [0.4, 0.5) is 0 Å². The first-order chi connectivity index (χ1) is 7.76. The molecule has 92 valence electrons. The van der Waals surface area contributed by atoms with Gasteiger partial charge in [-0.25, -0.2) is 0 Å². The molecule has 0 aliphatic carbocycles. The van der Waals surface area contributed by atoms with Crippen molar-refractivity contribution < 1.29 is 14.3 Å². The average molecular weight is 226 g/mol. The third-order valence-corrected chi connectivity index (χ3v) is 2.55. The lowest BCUT2D eigenvalue weighted by Gasteiger charge is -2.24. The zero-order valence-corrected chi connectivity index (χ0v) is 10.3. The third-order valence-electron chi connectivity index (χ3n) is 2.55. The van der Waals surface area contributed by atoms with Gasteiger partial charge in [-0.15, -0.1) is 0 Å². The van der Waals surface area contributed by atoms with E-state index in [-0.39, 0.29) is 12.1 Å². The zero-order valence-electron chi connectivity index (χ0n) is 10.3. The molecule has 0 aromatic rings. The molecular formula is C13H22O3. The lowest BCUT2D eigenvalue weighted by molar-refractivity contribution is -0.146. The third kappa shape index (κ3) is 4.79. The molecule has 3 nitrogen and oxygen atoms in total. The van der Waals surface area contributed by atoms with Gasteiger partial charge in [-0.05, 0) is 12.8 Å². The Hall–Kier alpha value is -0.830. The van der Waals surface area contributed by atoms with E-state index in [4.69, 9.17) is 9.47 Å². The fraction of sp³-hybridized carbons (Fsp3) is 0.769. The highest BCUT2D eigenvalue weighted by Gasteiger charge is 2.21. The van der Waals surface area contributed by atoms with Crippen molar-refractivity contribution in [3.8, 4) is 0 Å². The maximum Gasteiger partial charge on any atom is 0.206 e. The number of ketones is 1. The van der Waals surface area contributed by atoms with Gasteiger partial charge in [-0.3, -0.25) is 4.79 Å². The van der Waals surface area contributed by atoms with Gasteiger partial charge in [0.05, 0.1) is 13.0 Å². The summed E-state index contributed by atoms with van der Waals surface area (Å²) >= 11 is 0. The summed E-state index contributed by atoms with van der Waals surface area (Å²) in [6.45, 7) is 4.92. The minimum Gasteiger partial charge on any atom is -0.469 e. The van der Waals surface area contributed by atoms with Gasteiger partial charge in [0, 0.05) is 12.5 Å². The molecule has 0 fully saturated rings. The van der Waals surface area contributed by atoms with Crippen molar-refractivity contribution in [1.29, 1.82) is 0 Å². The summed E-state index contributed by atoms with van der Waals surface area (Å²) in [5.74, 6) is 0.915. The highest BCUT2D eigenvalue weighted by atomic mass is 16.7. The number of allylic oxidation sites excluding steroid dienone is 2. The standard InChI is InChI=1S/C13H22O3/c1-3-5-7-12-9-11(14)10-13(16-12)15-8-6-4-2/h9,13H,3-8,10H2,1-2H3. The van der Waals surface area contributed by atoms with Crippen LogP contribution >= 0.6 is 0 Å². The molecule has 3 heteroatoms. The minimum atomic E-state index is -0.351. The molecule has 0 radical (unpaired) electrons. The fourth-order valence-electron chi connectivity index (χ4n) is 1.58. The highest BCUT2D eigenvalue weighted by Crippen LogP contribution is 2.20. The first-order valence-electron chi connectivity index (χ1n) is 6.28. The molecule has 1 aliphatic heterocycles. The molecule has 0 aromatic heterocycles. The van der Waals surface area contributed by atoms with Gasteiger partial charge in [0.15, 0.2) is 5.78 Å². The van der Waals surface area contributed by atoms with Crippen LogP contribution in [0, 0.1) is 0 Å². The smallest absolute Gasteiger partial charge is 0.206 e. The molecule has 0 N–H and O–H groups in total. The molecule has 16 heavy (non-hydrogen) atoms. The number of hydrogen-bond acceptors (Lipinski definition) is 3. The Kier molecular flexibility index (Phi) is 6.16. The van der Waals surface area contributed by atoms with E-state index in [0.29, 0.717) is 13.0 Å². The molecule has 1 heterocycles. The number of carbonyl (C=O) groups excluding carboxylic acids is 1. The van der Waals surface area contributed by atoms with E-state index in [1.54, 1.807) is 6.08 Å². The number of unbranched alkanes of at least 4 members (excludes halogenated alkanes) is 2. The van der Waals surface area contributed by atoms with Gasteiger partial charge in [0.25, 0.3) is 0 Å². The second-order valence-electron chi connectivity index (χ2n) is 4.16. The van der Waals surface area contributed by atoms with Crippen LogP contribution in [-0.2, 0) is 14.3 Å². The lowest BCUT2D eigenvalue weighted by atomic mass is 10.1. The van der Waals surface area contributed by atoms with Crippen molar-refractivity contribution in [1.82, 2.24) is 0 Å². The van der Waals surface area contributed by atoms with Crippen molar-refractivity contribution in [2.24, 2.45) is 0 Å². The van der Waals surface area contributed by atoms with E-state index in [1.807, 2.05) is 0 Å². The van der Waals surface area contributed by atoms with E-state index in [2.05, 4.69) is 13.8 Å². The monoisotopic (exact) mass is 226 g/mol. The zero-order chi connectivity index (χ0) is 11.8. The fourth-order valence-corrected chi connectivity index (χ4v) is 1.58. The maximum atomic E-state index is 11.4. The maximum absolute atomic E-state index is 11.4. The largest absolute Gasteiger partial charge is 0.469 e. The predicted octanol–water partition coefficient (Wildman–Crippen LogP) is 3.19. The van der Waals surface area contributed by atoms with Crippen LogP contribution in [0.3, 0.4) is 0 Å². The van der Waals surface area contributed by atoms with E-state index >= 15 is 0 Å². The first kappa shape index (κ1) is 13.2. The SMILES string of the molecule is CCCCOC1CC(=O)C=C(CCCC)O1. The summed E-state index contributed by atoms with van der Waals surface area (Å²) in [4.78, 5) is 11.4. The van der Waals surface area contributed by atoms with Gasteiger partial charge in [0.2, 0.25) is 6.29 Å². The number of ether oxygens (including phenoxy) is 2. The average Bonchev–Trinajstić information content (AvgIpc) is 2.26. The Labute approximate surface area is 97.8 Å². The van der Waals surface area contributed by atoms with E-state index in [9.17, 15) is 4.79 Å². The van der Waals surface area contributed by atoms with Crippen LogP contribution in [0.25, 0.3) is 0 Å². The van der Waals surface area contributed by atoms with E-state index in [0.717, 1.165) is 37.9 Å². The topological polar surface area (TPSA) is 35.5 Å². The Morgan fingerprint density at radius 3 is 2.81 bits per heavy atom. The molecule has 0 aromatic carbocycles. The molecular weight excluding hydrogens is 204 g/mol. The summed E-state index contributed by atoms with van der Waals surface area (Å²) in [6.07, 6.45) is 6.75. The minimum absolute atomic E-state index is 0.124. The molecule has 0 saturated carbocycles. The van der Waals surface area contributed by atoms with Gasteiger partial charge in [-0.1, -0.05) is 26.7 Å². The Balaban J connectivity index is 2.34. The molecule has 0 spiro atoms. The summed E-state index contributed by atoms with van der Waals surface area (Å²) in [5, 5.41) is 0. The summed E-state index contributed by atoms with van der Waals surface area (Å²) in [7, 11) is 0. The summed E-state index contributed by atoms with van der Waals surface area (Å²) < 4.78 is 11.1. The molecule has 1 rings (SSSR count). The Morgan fingerprint density at radius 1 is 1.38 bits per heavy atom. The van der Waals surface area contributed by atoms with E-state index in [1.165, 1.54) is 0 Å². The van der Waals surface area contributed by atoms with Gasteiger partial charge >= 0.3 is 0 Å². The molecule has 1 atom stereocenters. The second kappa shape index (κ2) is 7.44. The van der Waals surface area contributed by atoms with Crippen molar-refractivity contribution in [3.63, 3.8) is 0 Å². The molecule has 0 amide bonds. The van der Waals surface area contributed by atoms with Crippen LogP contribution in [0.1, 0.15) is 52.4 Å². The molecule has 1 aliphatic rings. The summed E-state index contributed by atoms with van der Waals surface area (Å²) in [6, 6.07) is 0. The second-order valence-corrected chi connectivity index (χ2v) is 4.16. The van der Waals surface area contributed by atoms with Gasteiger partial charge in [0.1, 0.15) is 5.76 Å². The van der Waals surface area contributed by atoms with Crippen LogP contribution < -0.4 is 0 Å². The van der Waals surface area contributed by atoms with Crippen LogP contribution in [0.5, 0.6) is 0 Å². The lowest BCUT2D eigenvalue weighted by Crippen LogP contribution is -2.25. The number of hydrogen-bond donors (Lipinski definition) is 0. The predicted molar refractivity (Wildman–Crippen MR) is 63.0 cm³/mol. The van der Waals surface area contributed by atoms with Crippen molar-refractivity contribution in [2.75, 3.05) is 6.61 Å². The van der Waals surface area contributed by atoms with Crippen LogP contribution in [0.2, 0.25) is 0 Å². The quantitative estimate of drug-likeness (QED) is 0.625. The molecule has 1 unspecified atom stereocenters. The normalized spacial score (nSPS) is 20.5. The first-order valence-corrected chi connectivity index (χ1v) is 6.28. The Morgan fingerprint density at radius 2 is 2.12 bits per heavy atom. The highest BCUT2D eigenvalue weighted by molar-refractivity contribution is 5.90. The number of rotatable bonds is 7. The number of carbonyl (C=O) groups is 1. The van der Waals surface area contributed by atoms with Gasteiger partial charge < -0.3 is 9.47 Å². The van der Waals surface area contributed by atoms with Crippen molar-refractivity contribution in [3.05, 3.63) is 11.8 Å².